The summed E-state index contributed by atoms with van der Waals surface area (Å²) in [5, 5.41) is 3.08. The number of thiophene rings is 1. The summed E-state index contributed by atoms with van der Waals surface area (Å²) in [6.07, 6.45) is 1.10. The minimum Gasteiger partial charge on any atom is -0.381 e. The van der Waals surface area contributed by atoms with Crippen LogP contribution in [-0.2, 0) is 4.74 Å². The van der Waals surface area contributed by atoms with E-state index in [1.807, 2.05) is 6.07 Å². The largest absolute Gasteiger partial charge is 0.381 e. The van der Waals surface area contributed by atoms with E-state index in [4.69, 9.17) is 4.74 Å². The highest BCUT2D eigenvalue weighted by molar-refractivity contribution is 9.13. The minimum atomic E-state index is -0.0148. The molecule has 1 aromatic rings. The lowest BCUT2D eigenvalue weighted by Gasteiger charge is -2.51. The van der Waals surface area contributed by atoms with Crippen LogP contribution in [-0.4, -0.2) is 25.2 Å². The van der Waals surface area contributed by atoms with E-state index in [1.54, 1.807) is 7.11 Å². The third-order valence-electron chi connectivity index (χ3n) is 3.64. The van der Waals surface area contributed by atoms with Crippen molar-refractivity contribution in [1.82, 2.24) is 5.32 Å². The Kier molecular flexibility index (Phi) is 4.21. The quantitative estimate of drug-likeness (QED) is 0.843. The van der Waals surface area contributed by atoms with E-state index in [0.717, 1.165) is 14.7 Å². The molecule has 1 aliphatic carbocycles. The standard InChI is InChI=1S/C12H15Br2NO2S/c1-12(2)8(5-9(12)17-3)15-11(16)7-4-6(13)10(14)18-7/h4,8-9H,5H2,1-3H3,(H,15,16). The Hall–Kier alpha value is 0.0900. The summed E-state index contributed by atoms with van der Waals surface area (Å²) in [5.74, 6) is -0.0148. The van der Waals surface area contributed by atoms with Crippen molar-refractivity contribution in [2.24, 2.45) is 5.41 Å². The highest BCUT2D eigenvalue weighted by Gasteiger charge is 2.49. The fourth-order valence-corrected chi connectivity index (χ4v) is 4.16. The van der Waals surface area contributed by atoms with Crippen LogP contribution in [0.15, 0.2) is 14.3 Å². The van der Waals surface area contributed by atoms with Crippen molar-refractivity contribution < 1.29 is 9.53 Å². The first-order valence-corrected chi connectivity index (χ1v) is 8.05. The first-order chi connectivity index (χ1) is 8.36. The molecule has 0 aromatic carbocycles. The van der Waals surface area contributed by atoms with Crippen LogP contribution in [0.2, 0.25) is 0 Å². The molecule has 1 saturated carbocycles. The van der Waals surface area contributed by atoms with Crippen LogP contribution in [0.3, 0.4) is 0 Å². The molecule has 1 fully saturated rings. The summed E-state index contributed by atoms with van der Waals surface area (Å²) in [4.78, 5) is 12.8. The SMILES string of the molecule is COC1CC(NC(=O)c2cc(Br)c(Br)s2)C1(C)C. The van der Waals surface area contributed by atoms with Crippen molar-refractivity contribution in [2.75, 3.05) is 7.11 Å². The normalized spacial score (nSPS) is 25.6. The van der Waals surface area contributed by atoms with Gasteiger partial charge in [-0.1, -0.05) is 13.8 Å². The molecule has 1 aliphatic rings. The second-order valence-electron chi connectivity index (χ2n) is 5.04. The Bertz CT molecular complexity index is 453. The van der Waals surface area contributed by atoms with Crippen LogP contribution in [0.4, 0.5) is 0 Å². The van der Waals surface area contributed by atoms with Crippen LogP contribution in [0, 0.1) is 5.41 Å². The molecule has 0 bridgehead atoms. The Morgan fingerprint density at radius 2 is 2.22 bits per heavy atom. The van der Waals surface area contributed by atoms with Gasteiger partial charge in [-0.15, -0.1) is 11.3 Å². The summed E-state index contributed by atoms with van der Waals surface area (Å²) in [6, 6.07) is 2.01. The van der Waals surface area contributed by atoms with Gasteiger partial charge in [-0.2, -0.15) is 0 Å². The van der Waals surface area contributed by atoms with E-state index in [2.05, 4.69) is 51.0 Å². The third-order valence-corrected chi connectivity index (χ3v) is 6.89. The topological polar surface area (TPSA) is 38.3 Å². The maximum atomic E-state index is 12.1. The van der Waals surface area contributed by atoms with E-state index in [-0.39, 0.29) is 23.5 Å². The molecule has 0 aliphatic heterocycles. The number of halogens is 2. The summed E-state index contributed by atoms with van der Waals surface area (Å²) in [6.45, 7) is 4.24. The molecule has 18 heavy (non-hydrogen) atoms. The molecule has 6 heteroatoms. The second-order valence-corrected chi connectivity index (χ2v) is 8.26. The number of methoxy groups -OCH3 is 1. The summed E-state index contributed by atoms with van der Waals surface area (Å²) >= 11 is 8.22. The number of hydrogen-bond acceptors (Lipinski definition) is 3. The van der Waals surface area contributed by atoms with E-state index in [9.17, 15) is 4.79 Å². The molecular formula is C12H15Br2NO2S. The van der Waals surface area contributed by atoms with Gasteiger partial charge in [0.25, 0.3) is 5.91 Å². The summed E-state index contributed by atoms with van der Waals surface area (Å²) < 4.78 is 7.24. The van der Waals surface area contributed by atoms with Crippen molar-refractivity contribution in [3.8, 4) is 0 Å². The number of nitrogens with one attached hydrogen (secondary N) is 1. The molecule has 3 nitrogen and oxygen atoms in total. The van der Waals surface area contributed by atoms with Gasteiger partial charge in [-0.25, -0.2) is 0 Å². The van der Waals surface area contributed by atoms with Gasteiger partial charge < -0.3 is 10.1 Å². The zero-order valence-corrected chi connectivity index (χ0v) is 14.4. The molecule has 1 heterocycles. The van der Waals surface area contributed by atoms with Crippen molar-refractivity contribution in [2.45, 2.75) is 32.4 Å². The number of rotatable bonds is 3. The number of hydrogen-bond donors (Lipinski definition) is 1. The van der Waals surface area contributed by atoms with Crippen molar-refractivity contribution >= 4 is 49.1 Å². The van der Waals surface area contributed by atoms with Gasteiger partial charge >= 0.3 is 0 Å². The highest BCUT2D eigenvalue weighted by Crippen LogP contribution is 2.42. The van der Waals surface area contributed by atoms with Crippen LogP contribution < -0.4 is 5.32 Å². The van der Waals surface area contributed by atoms with E-state index in [1.165, 1.54) is 11.3 Å². The molecule has 2 atom stereocenters. The lowest BCUT2D eigenvalue weighted by molar-refractivity contribution is -0.0942. The number of amides is 1. The van der Waals surface area contributed by atoms with Crippen molar-refractivity contribution in [3.05, 3.63) is 19.2 Å². The molecule has 1 N–H and O–H groups in total. The molecule has 0 saturated heterocycles. The van der Waals surface area contributed by atoms with E-state index in [0.29, 0.717) is 4.88 Å². The van der Waals surface area contributed by atoms with Gasteiger partial charge in [-0.05, 0) is 44.3 Å². The van der Waals surface area contributed by atoms with Crippen LogP contribution >= 0.6 is 43.2 Å². The number of carbonyl (C=O) groups excluding carboxylic acids is 1. The summed E-state index contributed by atoms with van der Waals surface area (Å²) in [5.41, 5.74) is -0.00384. The van der Waals surface area contributed by atoms with Crippen LogP contribution in [0.25, 0.3) is 0 Å². The average molecular weight is 397 g/mol. The smallest absolute Gasteiger partial charge is 0.261 e. The Labute approximate surface area is 128 Å². The maximum Gasteiger partial charge on any atom is 0.261 e. The zero-order chi connectivity index (χ0) is 13.5. The summed E-state index contributed by atoms with van der Waals surface area (Å²) in [7, 11) is 1.72. The molecule has 2 unspecified atom stereocenters. The molecule has 0 spiro atoms. The maximum absolute atomic E-state index is 12.1. The molecule has 100 valence electrons. The highest BCUT2D eigenvalue weighted by atomic mass is 79.9. The predicted molar refractivity (Wildman–Crippen MR) is 80.2 cm³/mol. The lowest BCUT2D eigenvalue weighted by Crippen LogP contribution is -2.61. The zero-order valence-electron chi connectivity index (χ0n) is 10.4. The van der Waals surface area contributed by atoms with Gasteiger partial charge in [0, 0.05) is 23.0 Å². The van der Waals surface area contributed by atoms with Gasteiger partial charge in [-0.3, -0.25) is 4.79 Å². The van der Waals surface area contributed by atoms with Crippen LogP contribution in [0.1, 0.15) is 29.9 Å². The monoisotopic (exact) mass is 395 g/mol. The van der Waals surface area contributed by atoms with E-state index < -0.39 is 0 Å². The van der Waals surface area contributed by atoms with Crippen molar-refractivity contribution in [1.29, 1.82) is 0 Å². The molecule has 2 rings (SSSR count). The van der Waals surface area contributed by atoms with E-state index >= 15 is 0 Å². The van der Waals surface area contributed by atoms with Gasteiger partial charge in [0.2, 0.25) is 0 Å². The fraction of sp³-hybridized carbons (Fsp3) is 0.583. The Morgan fingerprint density at radius 3 is 2.67 bits per heavy atom. The van der Waals surface area contributed by atoms with Gasteiger partial charge in [0.05, 0.1) is 14.8 Å². The molecular weight excluding hydrogens is 382 g/mol. The Balaban J connectivity index is 2.01. The average Bonchev–Trinajstić information content (AvgIpc) is 2.64. The van der Waals surface area contributed by atoms with Crippen molar-refractivity contribution in [3.63, 3.8) is 0 Å². The third kappa shape index (κ3) is 2.53. The number of ether oxygens (including phenoxy) is 1. The first-order valence-electron chi connectivity index (χ1n) is 5.64. The minimum absolute atomic E-state index is 0.00384. The fourth-order valence-electron chi connectivity index (χ4n) is 2.22. The second kappa shape index (κ2) is 5.23. The number of carbonyl (C=O) groups is 1. The lowest BCUT2D eigenvalue weighted by atomic mass is 9.64. The first kappa shape index (κ1) is 14.5. The van der Waals surface area contributed by atoms with Crippen LogP contribution in [0.5, 0.6) is 0 Å². The van der Waals surface area contributed by atoms with Gasteiger partial charge in [0.1, 0.15) is 0 Å². The molecule has 0 radical (unpaired) electrons. The van der Waals surface area contributed by atoms with Gasteiger partial charge in [0.15, 0.2) is 0 Å². The molecule has 1 amide bonds. The predicted octanol–water partition coefficient (Wildman–Crippen LogP) is 3.82. The Morgan fingerprint density at radius 1 is 1.56 bits per heavy atom. The molecule has 1 aromatic heterocycles.